The largest absolute Gasteiger partial charge is 0.310 e. The Morgan fingerprint density at radius 1 is 0.315 bits per heavy atom. The van der Waals surface area contributed by atoms with Gasteiger partial charge < -0.3 is 9.13 Å². The zero-order valence-electron chi connectivity index (χ0n) is 48.2. The van der Waals surface area contributed by atoms with E-state index in [0.29, 0.717) is 0 Å². The number of fused-ring (bicyclic) bond motifs is 24. The van der Waals surface area contributed by atoms with Gasteiger partial charge in [0.2, 0.25) is 0 Å². The molecule has 2 aliphatic heterocycles. The monoisotopic (exact) mass is 1120 g/mol. The second-order valence-corrected chi connectivity index (χ2v) is 25.9. The lowest BCUT2D eigenvalue weighted by atomic mass is 9.33. The van der Waals surface area contributed by atoms with Crippen molar-refractivity contribution < 1.29 is 0 Å². The average Bonchev–Trinajstić information content (AvgIpc) is 1.56. The maximum Gasteiger partial charge on any atom is 0.253 e. The van der Waals surface area contributed by atoms with Crippen molar-refractivity contribution in [2.75, 3.05) is 0 Å². The van der Waals surface area contributed by atoms with Crippen molar-refractivity contribution in [2.45, 2.75) is 12.8 Å². The molecule has 0 atom stereocenters. The van der Waals surface area contributed by atoms with Crippen LogP contribution in [0.5, 0.6) is 0 Å². The summed E-state index contributed by atoms with van der Waals surface area (Å²) < 4.78 is 5.38. The highest BCUT2D eigenvalue weighted by Gasteiger charge is 2.43. The molecule has 4 aliphatic rings. The summed E-state index contributed by atoms with van der Waals surface area (Å²) in [6.45, 7) is -0.138. The van der Waals surface area contributed by atoms with Gasteiger partial charge in [-0.15, -0.1) is 0 Å². The Balaban J connectivity index is 0.911. The number of benzene rings is 17. The van der Waals surface area contributed by atoms with E-state index in [1.807, 2.05) is 0 Å². The van der Waals surface area contributed by atoms with Gasteiger partial charge >= 0.3 is 0 Å². The molecule has 19 aromatic rings. The smallest absolute Gasteiger partial charge is 0.253 e. The van der Waals surface area contributed by atoms with E-state index in [2.05, 4.69) is 270 Å². The van der Waals surface area contributed by atoms with E-state index in [9.17, 15) is 0 Å². The van der Waals surface area contributed by atoms with E-state index in [4.69, 9.17) is 0 Å². The number of aromatic nitrogens is 2. The molecule has 89 heavy (non-hydrogen) atoms. The first-order valence-electron chi connectivity index (χ1n) is 31.6. The summed E-state index contributed by atoms with van der Waals surface area (Å²) in [7, 11) is 0. The van der Waals surface area contributed by atoms with Crippen molar-refractivity contribution in [2.24, 2.45) is 0 Å². The van der Waals surface area contributed by atoms with E-state index in [1.54, 1.807) is 0 Å². The first-order valence-corrected chi connectivity index (χ1v) is 31.6. The Labute approximate surface area is 510 Å². The normalized spacial score (nSPS) is 14.0. The molecule has 0 saturated carbocycles. The lowest BCUT2D eigenvalue weighted by Gasteiger charge is -2.35. The van der Waals surface area contributed by atoms with Gasteiger partial charge in [-0.05, 0) is 219 Å². The van der Waals surface area contributed by atoms with Crippen molar-refractivity contribution >= 4 is 186 Å². The van der Waals surface area contributed by atoms with Crippen LogP contribution >= 0.6 is 0 Å². The summed E-state index contributed by atoms with van der Waals surface area (Å²) in [5.74, 6) is 0. The van der Waals surface area contributed by atoms with Crippen LogP contribution in [0.3, 0.4) is 0 Å². The molecule has 3 heteroatoms. The zero-order chi connectivity index (χ0) is 57.2. The molecule has 0 N–H and O–H groups in total. The maximum absolute atomic E-state index is 2.71. The Kier molecular flexibility index (Phi) is 8.29. The molecule has 0 fully saturated rings. The Morgan fingerprint density at radius 2 is 0.888 bits per heavy atom. The van der Waals surface area contributed by atoms with E-state index in [1.165, 1.54) is 224 Å². The van der Waals surface area contributed by atoms with Crippen LogP contribution in [0.1, 0.15) is 23.1 Å². The number of hydrogen-bond donors (Lipinski definition) is 0. The minimum atomic E-state index is -0.138. The maximum atomic E-state index is 2.71. The first-order chi connectivity index (χ1) is 44.2. The van der Waals surface area contributed by atoms with Crippen LogP contribution in [-0.4, -0.2) is 15.8 Å². The summed E-state index contributed by atoms with van der Waals surface area (Å²) in [5.41, 5.74) is 22.4. The summed E-state index contributed by atoms with van der Waals surface area (Å²) in [4.78, 5) is 0. The van der Waals surface area contributed by atoms with E-state index in [-0.39, 0.29) is 6.71 Å². The van der Waals surface area contributed by atoms with Gasteiger partial charge in [0.15, 0.2) is 0 Å². The Bertz CT molecular complexity index is 6670. The molecule has 0 unspecified atom stereocenters. The lowest BCUT2D eigenvalue weighted by Crippen LogP contribution is -2.59. The van der Waals surface area contributed by atoms with Crippen molar-refractivity contribution in [3.05, 3.63) is 271 Å². The second-order valence-electron chi connectivity index (χ2n) is 25.9. The molecule has 0 radical (unpaired) electrons. The van der Waals surface area contributed by atoms with Crippen molar-refractivity contribution in [1.29, 1.82) is 0 Å². The second kappa shape index (κ2) is 16.0. The molecule has 23 rings (SSSR count). The number of rotatable bonds is 2. The Hall–Kier alpha value is -11.3. The molecule has 4 heterocycles. The molecule has 17 aromatic carbocycles. The summed E-state index contributed by atoms with van der Waals surface area (Å²) in [5, 5.41) is 31.3. The fourth-order valence-corrected chi connectivity index (χ4v) is 18.5. The van der Waals surface area contributed by atoms with Gasteiger partial charge in [0.25, 0.3) is 6.71 Å². The van der Waals surface area contributed by atoms with Crippen LogP contribution in [-0.2, 0) is 6.42 Å². The van der Waals surface area contributed by atoms with Crippen molar-refractivity contribution in [1.82, 2.24) is 9.13 Å². The van der Waals surface area contributed by atoms with E-state index >= 15 is 0 Å². The molecule has 2 aromatic heterocycles. The van der Waals surface area contributed by atoms with Gasteiger partial charge in [0, 0.05) is 43.8 Å². The number of nitrogens with zero attached hydrogens (tertiary/aromatic N) is 2. The molecule has 2 nitrogen and oxygen atoms in total. The van der Waals surface area contributed by atoms with Crippen LogP contribution in [0.15, 0.2) is 255 Å². The molecular weight excluding hydrogens is 1070 g/mol. The fraction of sp³-hybridized carbons (Fsp3) is 0.0233. The van der Waals surface area contributed by atoms with Gasteiger partial charge in [-0.3, -0.25) is 0 Å². The number of allylic oxidation sites excluding steroid dienone is 3. The minimum absolute atomic E-state index is 0.138. The minimum Gasteiger partial charge on any atom is -0.310 e. The summed E-state index contributed by atoms with van der Waals surface area (Å²) in [6, 6.07) is 94.6. The molecule has 0 bridgehead atoms. The molecule has 0 spiro atoms. The third kappa shape index (κ3) is 5.52. The Morgan fingerprint density at radius 3 is 1.65 bits per heavy atom. The highest BCUT2D eigenvalue weighted by molar-refractivity contribution is 7.02. The van der Waals surface area contributed by atoms with Gasteiger partial charge in [-0.2, -0.15) is 0 Å². The zero-order valence-corrected chi connectivity index (χ0v) is 48.2. The highest BCUT2D eigenvalue weighted by atomic mass is 15.0. The third-order valence-corrected chi connectivity index (χ3v) is 22.0. The predicted octanol–water partition coefficient (Wildman–Crippen LogP) is 20.7. The van der Waals surface area contributed by atoms with E-state index in [0.717, 1.165) is 12.8 Å². The van der Waals surface area contributed by atoms with Crippen LogP contribution in [0.4, 0.5) is 0 Å². The lowest BCUT2D eigenvalue weighted by molar-refractivity contribution is 1.14. The SMILES string of the molecule is C1=Cc2ccc3c(-c4ccc5c(c4)c4cc(-c6ccc7ccc8cccc9ccc6c7c89)cc6c4n5-c4cccc5c4B6c4c6c7ccccc7c7ccccc7c6cc6c7c8c9ccccc9c9ccccc9c8ccc7n-5c46)ccc4c3c2C(=CC4)C1. The van der Waals surface area contributed by atoms with Crippen molar-refractivity contribution in [3.8, 4) is 33.6 Å². The van der Waals surface area contributed by atoms with Gasteiger partial charge in [-0.1, -0.05) is 218 Å². The van der Waals surface area contributed by atoms with Crippen LogP contribution in [0, 0.1) is 0 Å². The topological polar surface area (TPSA) is 9.86 Å². The molecular formula is C86H47BN2. The summed E-state index contributed by atoms with van der Waals surface area (Å²) >= 11 is 0. The third-order valence-electron chi connectivity index (χ3n) is 22.0. The fourth-order valence-electron chi connectivity index (χ4n) is 18.5. The predicted molar refractivity (Wildman–Crippen MR) is 382 cm³/mol. The van der Waals surface area contributed by atoms with Crippen molar-refractivity contribution in [3.63, 3.8) is 0 Å². The standard InChI is InChI=1S/C86H47BN2/c1-3-20-60-56(16-1)58-18-5-7-22-62(58)80-66(60)39-41-73-82(80)70-45-68-61-21-4-2-17-57(61)59-19-6-8-23-63(59)81(68)84-86(70)89(73)75-25-11-24-74-83(75)87(84)71-44-53(55-36-31-51-29-27-47-13-10-15-49-33-38-65(55)79(51)77(47)49)43-69-67-42-52(34-40-72(67)88(74)85(69)71)54-35-30-50-28-26-46-12-9-14-48-32-37-64(54)78(50)76(46)48/h1-11,13-27,29-45H,12,28H2. The van der Waals surface area contributed by atoms with Crippen LogP contribution in [0.25, 0.3) is 197 Å². The molecule has 404 valence electrons. The van der Waals surface area contributed by atoms with Crippen LogP contribution < -0.4 is 16.4 Å². The van der Waals surface area contributed by atoms with Gasteiger partial charge in [0.1, 0.15) is 0 Å². The first kappa shape index (κ1) is 46.0. The highest BCUT2D eigenvalue weighted by Crippen LogP contribution is 2.51. The van der Waals surface area contributed by atoms with Gasteiger partial charge in [0.05, 0.1) is 16.6 Å². The summed E-state index contributed by atoms with van der Waals surface area (Å²) in [6.07, 6.45) is 9.10. The van der Waals surface area contributed by atoms with Crippen LogP contribution in [0.2, 0.25) is 0 Å². The molecule has 0 saturated heterocycles. The van der Waals surface area contributed by atoms with Gasteiger partial charge in [-0.25, -0.2) is 0 Å². The van der Waals surface area contributed by atoms with E-state index < -0.39 is 0 Å². The molecule has 2 aliphatic carbocycles. The number of hydrogen-bond acceptors (Lipinski definition) is 0. The quantitative estimate of drug-likeness (QED) is 0.121. The average molecular weight is 1120 g/mol. The molecule has 0 amide bonds.